The Morgan fingerprint density at radius 2 is 2.00 bits per heavy atom. The average Bonchev–Trinajstić information content (AvgIpc) is 3.25. The van der Waals surface area contributed by atoms with E-state index in [1.165, 1.54) is 5.69 Å². The highest BCUT2D eigenvalue weighted by Crippen LogP contribution is 2.29. The van der Waals surface area contributed by atoms with Crippen LogP contribution < -0.4 is 0 Å². The van der Waals surface area contributed by atoms with Gasteiger partial charge in [-0.15, -0.1) is 0 Å². The number of nitrogens with zero attached hydrogens (tertiary/aromatic N) is 5. The third kappa shape index (κ3) is 3.86. The van der Waals surface area contributed by atoms with Crippen LogP contribution in [0.5, 0.6) is 0 Å². The second-order valence-electron chi connectivity index (χ2n) is 7.46. The van der Waals surface area contributed by atoms with E-state index >= 15 is 0 Å². The van der Waals surface area contributed by atoms with E-state index in [1.807, 2.05) is 42.7 Å². The van der Waals surface area contributed by atoms with E-state index in [2.05, 4.69) is 36.1 Å². The number of H-pyrrole nitrogens is 1. The zero-order chi connectivity index (χ0) is 19.6. The number of piperidine rings is 1. The molecule has 6 nitrogen and oxygen atoms in total. The smallest absolute Gasteiger partial charge is 0.142 e. The molecule has 1 aliphatic rings. The number of aromatic nitrogens is 5. The molecule has 7 heteroatoms. The first-order valence-corrected chi connectivity index (χ1v) is 10.2. The van der Waals surface area contributed by atoms with Crippen LogP contribution in [0.4, 0.5) is 0 Å². The molecule has 0 aliphatic carbocycles. The number of hydrogen-bond donors (Lipinski definition) is 1. The Bertz CT molecular complexity index is 1120. The maximum atomic E-state index is 6.21. The van der Waals surface area contributed by atoms with Crippen LogP contribution in [0.1, 0.15) is 30.3 Å². The van der Waals surface area contributed by atoms with E-state index in [9.17, 15) is 0 Å². The highest BCUT2D eigenvalue weighted by molar-refractivity contribution is 6.35. The first-order valence-electron chi connectivity index (χ1n) is 9.84. The lowest BCUT2D eigenvalue weighted by atomic mass is 9.93. The van der Waals surface area contributed by atoms with Gasteiger partial charge in [-0.1, -0.05) is 17.7 Å². The van der Waals surface area contributed by atoms with E-state index in [0.29, 0.717) is 10.9 Å². The van der Waals surface area contributed by atoms with Crippen molar-refractivity contribution in [3.8, 4) is 11.3 Å². The molecule has 0 amide bonds. The normalized spacial score (nSPS) is 15.8. The predicted octanol–water partition coefficient (Wildman–Crippen LogP) is 4.45. The van der Waals surface area contributed by atoms with Crippen LogP contribution in [0.25, 0.3) is 22.2 Å². The van der Waals surface area contributed by atoms with Crippen LogP contribution in [0, 0.1) is 0 Å². The summed E-state index contributed by atoms with van der Waals surface area (Å²) in [5.74, 6) is 1.35. The van der Waals surface area contributed by atoms with E-state index in [-0.39, 0.29) is 0 Å². The van der Waals surface area contributed by atoms with Crippen LogP contribution in [0.3, 0.4) is 0 Å². The maximum absolute atomic E-state index is 6.21. The number of benzene rings is 1. The van der Waals surface area contributed by atoms with Gasteiger partial charge >= 0.3 is 0 Å². The topological polar surface area (TPSA) is 70.6 Å². The molecule has 1 N–H and O–H groups in total. The zero-order valence-electron chi connectivity index (χ0n) is 15.9. The molecular formula is C22H21ClN6. The summed E-state index contributed by atoms with van der Waals surface area (Å²) in [5, 5.41) is 9.30. The Labute approximate surface area is 174 Å². The summed E-state index contributed by atoms with van der Waals surface area (Å²) in [6, 6.07) is 11.9. The molecule has 3 aromatic heterocycles. The van der Waals surface area contributed by atoms with Crippen molar-refractivity contribution in [3.63, 3.8) is 0 Å². The molecule has 0 bridgehead atoms. The fourth-order valence-corrected chi connectivity index (χ4v) is 4.16. The number of nitrogens with one attached hydrogen (secondary N) is 1. The van der Waals surface area contributed by atoms with Gasteiger partial charge in [-0.3, -0.25) is 15.0 Å². The van der Waals surface area contributed by atoms with Gasteiger partial charge in [0.15, 0.2) is 0 Å². The molecule has 1 aromatic carbocycles. The van der Waals surface area contributed by atoms with Gasteiger partial charge in [-0.05, 0) is 56.3 Å². The van der Waals surface area contributed by atoms with Gasteiger partial charge in [0.1, 0.15) is 5.82 Å². The standard InChI is InChI=1S/C22H21ClN6/c23-18-4-1-5-19-17(18)13-25-22(26-19)14-29-9-6-15(7-10-29)20-11-21(28-27-20)16-3-2-8-24-12-16/h1-5,8,11-13,15H,6-7,9-10,14H2,(H,27,28). The number of hydrogen-bond acceptors (Lipinski definition) is 5. The Kier molecular flexibility index (Phi) is 4.96. The molecular weight excluding hydrogens is 384 g/mol. The molecule has 4 aromatic rings. The average molecular weight is 405 g/mol. The zero-order valence-corrected chi connectivity index (χ0v) is 16.7. The molecule has 0 atom stereocenters. The molecule has 0 radical (unpaired) electrons. The lowest BCUT2D eigenvalue weighted by Crippen LogP contribution is -2.33. The summed E-state index contributed by atoms with van der Waals surface area (Å²) in [7, 11) is 0. The second-order valence-corrected chi connectivity index (χ2v) is 7.87. The van der Waals surface area contributed by atoms with Crippen LogP contribution in [-0.4, -0.2) is 43.1 Å². The van der Waals surface area contributed by atoms with Crippen molar-refractivity contribution in [2.45, 2.75) is 25.3 Å². The highest BCUT2D eigenvalue weighted by atomic mass is 35.5. The molecule has 4 heterocycles. The Morgan fingerprint density at radius 1 is 1.10 bits per heavy atom. The van der Waals surface area contributed by atoms with Crippen LogP contribution in [-0.2, 0) is 6.54 Å². The number of fused-ring (bicyclic) bond motifs is 1. The van der Waals surface area contributed by atoms with Crippen molar-refractivity contribution >= 4 is 22.5 Å². The van der Waals surface area contributed by atoms with Crippen molar-refractivity contribution in [1.29, 1.82) is 0 Å². The summed E-state index contributed by atoms with van der Waals surface area (Å²) in [6.07, 6.45) is 7.64. The third-order valence-electron chi connectivity index (χ3n) is 5.57. The molecule has 146 valence electrons. The first kappa shape index (κ1) is 18.2. The summed E-state index contributed by atoms with van der Waals surface area (Å²) >= 11 is 6.21. The molecule has 0 spiro atoms. The number of aromatic amines is 1. The molecule has 29 heavy (non-hydrogen) atoms. The fraction of sp³-hybridized carbons (Fsp3) is 0.273. The van der Waals surface area contributed by atoms with E-state index < -0.39 is 0 Å². The van der Waals surface area contributed by atoms with Crippen molar-refractivity contribution in [2.75, 3.05) is 13.1 Å². The fourth-order valence-electron chi connectivity index (χ4n) is 3.94. The Balaban J connectivity index is 1.22. The molecule has 1 aliphatic heterocycles. The highest BCUT2D eigenvalue weighted by Gasteiger charge is 2.23. The summed E-state index contributed by atoms with van der Waals surface area (Å²) in [4.78, 5) is 15.8. The second kappa shape index (κ2) is 7.89. The van der Waals surface area contributed by atoms with Crippen LogP contribution >= 0.6 is 11.6 Å². The summed E-state index contributed by atoms with van der Waals surface area (Å²) < 4.78 is 0. The van der Waals surface area contributed by atoms with E-state index in [1.54, 1.807) is 6.20 Å². The van der Waals surface area contributed by atoms with Gasteiger partial charge in [0.25, 0.3) is 0 Å². The molecule has 0 saturated carbocycles. The summed E-state index contributed by atoms with van der Waals surface area (Å²) in [5.41, 5.74) is 4.11. The predicted molar refractivity (Wildman–Crippen MR) is 114 cm³/mol. The minimum Gasteiger partial charge on any atom is -0.296 e. The molecule has 0 unspecified atom stereocenters. The minimum absolute atomic E-state index is 0.500. The quantitative estimate of drug-likeness (QED) is 0.544. The largest absolute Gasteiger partial charge is 0.296 e. The van der Waals surface area contributed by atoms with Crippen LogP contribution in [0.15, 0.2) is 55.0 Å². The first-order chi connectivity index (χ1) is 14.3. The van der Waals surface area contributed by atoms with Crippen molar-refractivity contribution in [2.24, 2.45) is 0 Å². The SMILES string of the molecule is Clc1cccc2nc(CN3CCC(c4cc(-c5cccnc5)n[nH]4)CC3)ncc12. The molecule has 1 saturated heterocycles. The van der Waals surface area contributed by atoms with Gasteiger partial charge in [0, 0.05) is 41.2 Å². The Hall–Kier alpha value is -2.83. The Morgan fingerprint density at radius 3 is 2.83 bits per heavy atom. The minimum atomic E-state index is 0.500. The van der Waals surface area contributed by atoms with Gasteiger partial charge < -0.3 is 0 Å². The summed E-state index contributed by atoms with van der Waals surface area (Å²) in [6.45, 7) is 2.80. The monoisotopic (exact) mass is 404 g/mol. The number of rotatable bonds is 4. The lowest BCUT2D eigenvalue weighted by molar-refractivity contribution is 0.199. The maximum Gasteiger partial charge on any atom is 0.142 e. The number of halogens is 1. The molecule has 5 rings (SSSR count). The van der Waals surface area contributed by atoms with Crippen molar-refractivity contribution in [3.05, 3.63) is 71.5 Å². The van der Waals surface area contributed by atoms with E-state index in [4.69, 9.17) is 11.6 Å². The van der Waals surface area contributed by atoms with E-state index in [0.717, 1.165) is 60.5 Å². The third-order valence-corrected chi connectivity index (χ3v) is 5.90. The number of pyridine rings is 1. The van der Waals surface area contributed by atoms with Crippen molar-refractivity contribution < 1.29 is 0 Å². The van der Waals surface area contributed by atoms with Crippen LogP contribution in [0.2, 0.25) is 5.02 Å². The van der Waals surface area contributed by atoms with Gasteiger partial charge in [-0.2, -0.15) is 5.10 Å². The van der Waals surface area contributed by atoms with Crippen molar-refractivity contribution in [1.82, 2.24) is 30.0 Å². The van der Waals surface area contributed by atoms with Gasteiger partial charge in [0.05, 0.1) is 22.8 Å². The van der Waals surface area contributed by atoms with Gasteiger partial charge in [0.2, 0.25) is 0 Å². The number of likely N-dealkylation sites (tertiary alicyclic amines) is 1. The van der Waals surface area contributed by atoms with Gasteiger partial charge in [-0.25, -0.2) is 9.97 Å². The lowest BCUT2D eigenvalue weighted by Gasteiger charge is -2.30. The molecule has 1 fully saturated rings.